The van der Waals surface area contributed by atoms with Crippen LogP contribution in [-0.2, 0) is 4.74 Å². The topological polar surface area (TPSA) is 134 Å². The molecular weight excluding hydrogens is 571 g/mol. The van der Waals surface area contributed by atoms with Crippen molar-refractivity contribution in [1.82, 2.24) is 40.1 Å². The van der Waals surface area contributed by atoms with Crippen molar-refractivity contribution < 1.29 is 14.3 Å². The predicted molar refractivity (Wildman–Crippen MR) is 155 cm³/mol. The molecule has 0 aliphatic carbocycles. The van der Waals surface area contributed by atoms with E-state index in [1.54, 1.807) is 12.3 Å². The zero-order valence-electron chi connectivity index (χ0n) is 22.7. The van der Waals surface area contributed by atoms with Crippen LogP contribution in [0.5, 0.6) is 0 Å². The highest BCUT2D eigenvalue weighted by Gasteiger charge is 2.22. The van der Waals surface area contributed by atoms with Gasteiger partial charge in [0.2, 0.25) is 0 Å². The van der Waals surface area contributed by atoms with Gasteiger partial charge in [0, 0.05) is 45.8 Å². The first-order valence-corrected chi connectivity index (χ1v) is 14.2. The molecule has 1 aromatic carbocycles. The van der Waals surface area contributed by atoms with Crippen molar-refractivity contribution >= 4 is 46.4 Å². The molecule has 0 spiro atoms. The Balaban J connectivity index is 1.30. The zero-order chi connectivity index (χ0) is 28.8. The lowest BCUT2D eigenvalue weighted by Gasteiger charge is -2.35. The number of hydrogen-bond acceptors (Lipinski definition) is 10. The summed E-state index contributed by atoms with van der Waals surface area (Å²) in [4.78, 5) is 40.6. The number of rotatable bonds is 9. The number of morpholine rings is 1. The number of piperazine rings is 1. The van der Waals surface area contributed by atoms with Crippen LogP contribution in [0.1, 0.15) is 27.4 Å². The number of carbonyl (C=O) groups excluding carboxylic acids is 2. The maximum Gasteiger partial charge on any atom is 0.277 e. The Bertz CT molecular complexity index is 1370. The molecule has 3 aromatic rings. The van der Waals surface area contributed by atoms with Crippen molar-refractivity contribution in [1.29, 1.82) is 0 Å². The number of anilines is 2. The Hall–Kier alpha value is -3.36. The Morgan fingerprint density at radius 2 is 1.83 bits per heavy atom. The number of nitrogens with one attached hydrogen (secondary N) is 2. The fourth-order valence-electron chi connectivity index (χ4n) is 4.68. The minimum absolute atomic E-state index is 0.0425. The van der Waals surface area contributed by atoms with Crippen LogP contribution in [-0.4, -0.2) is 119 Å². The van der Waals surface area contributed by atoms with E-state index in [4.69, 9.17) is 27.9 Å². The Morgan fingerprint density at radius 1 is 1.05 bits per heavy atom. The van der Waals surface area contributed by atoms with Crippen LogP contribution in [0.25, 0.3) is 5.69 Å². The van der Waals surface area contributed by atoms with Crippen LogP contribution >= 0.6 is 23.2 Å². The molecule has 4 heterocycles. The Labute approximate surface area is 247 Å². The number of amides is 2. The lowest BCUT2D eigenvalue weighted by atomic mass is 10.2. The van der Waals surface area contributed by atoms with Crippen molar-refractivity contribution in [3.05, 3.63) is 52.3 Å². The van der Waals surface area contributed by atoms with Crippen LogP contribution in [0, 0.1) is 0 Å². The van der Waals surface area contributed by atoms with E-state index in [0.717, 1.165) is 71.1 Å². The highest BCUT2D eigenvalue weighted by molar-refractivity contribution is 6.34. The van der Waals surface area contributed by atoms with Crippen molar-refractivity contribution in [2.24, 2.45) is 0 Å². The van der Waals surface area contributed by atoms with E-state index in [9.17, 15) is 9.59 Å². The highest BCUT2D eigenvalue weighted by atomic mass is 35.5. The lowest BCUT2D eigenvalue weighted by Crippen LogP contribution is -2.44. The van der Waals surface area contributed by atoms with Gasteiger partial charge in [-0.05, 0) is 38.2 Å². The second-order valence-corrected chi connectivity index (χ2v) is 10.6. The van der Waals surface area contributed by atoms with Gasteiger partial charge in [-0.25, -0.2) is 14.6 Å². The summed E-state index contributed by atoms with van der Waals surface area (Å²) in [7, 11) is 2.08. The number of ether oxygens (including phenoxy) is 1. The van der Waals surface area contributed by atoms with Crippen molar-refractivity contribution in [3.63, 3.8) is 0 Å². The summed E-state index contributed by atoms with van der Waals surface area (Å²) in [5.74, 6) is -0.820. The lowest BCUT2D eigenvalue weighted by molar-refractivity contribution is 0.0374. The number of halogens is 2. The highest BCUT2D eigenvalue weighted by Crippen LogP contribution is 2.30. The van der Waals surface area contributed by atoms with E-state index in [1.165, 1.54) is 10.9 Å². The number of hydrogen-bond donors (Lipinski definition) is 2. The fraction of sp³-hybridized carbons (Fsp3) is 0.462. The van der Waals surface area contributed by atoms with Crippen molar-refractivity contribution in [3.8, 4) is 5.69 Å². The van der Waals surface area contributed by atoms with Gasteiger partial charge in [0.05, 0.1) is 42.7 Å². The summed E-state index contributed by atoms with van der Waals surface area (Å²) in [6, 6.07) is 5.57. The molecule has 0 radical (unpaired) electrons. The van der Waals surface area contributed by atoms with Gasteiger partial charge in [0.1, 0.15) is 5.15 Å². The molecule has 2 saturated heterocycles. The molecule has 0 unspecified atom stereocenters. The largest absolute Gasteiger partial charge is 0.379 e. The summed E-state index contributed by atoms with van der Waals surface area (Å²) in [6.45, 7) is 8.12. The third-order valence-electron chi connectivity index (χ3n) is 7.02. The molecule has 0 atom stereocenters. The molecule has 2 aromatic heterocycles. The summed E-state index contributed by atoms with van der Waals surface area (Å²) in [5.41, 5.74) is 2.15. The maximum atomic E-state index is 13.1. The molecule has 2 amide bonds. The number of nitrogens with zero attached hydrogens (tertiary/aromatic N) is 8. The van der Waals surface area contributed by atoms with Crippen molar-refractivity contribution in [2.45, 2.75) is 6.42 Å². The van der Waals surface area contributed by atoms with E-state index in [-0.39, 0.29) is 27.6 Å². The molecule has 2 N–H and O–H groups in total. The number of likely N-dealkylation sites (N-methyl/N-ethyl adjacent to an activating group) is 1. The molecule has 2 aliphatic rings. The number of aromatic nitrogens is 5. The average molecular weight is 604 g/mol. The quantitative estimate of drug-likeness (QED) is 0.349. The summed E-state index contributed by atoms with van der Waals surface area (Å²) >= 11 is 12.0. The Kier molecular flexibility index (Phi) is 9.62. The van der Waals surface area contributed by atoms with Crippen LogP contribution in [0.4, 0.5) is 11.4 Å². The van der Waals surface area contributed by atoms with Crippen molar-refractivity contribution in [2.75, 3.05) is 82.8 Å². The van der Waals surface area contributed by atoms with Crippen LogP contribution < -0.4 is 15.5 Å². The number of carbonyl (C=O) groups is 2. The van der Waals surface area contributed by atoms with Crippen LogP contribution in [0.15, 0.2) is 30.6 Å². The monoisotopic (exact) mass is 602 g/mol. The molecule has 15 heteroatoms. The third kappa shape index (κ3) is 7.49. The summed E-state index contributed by atoms with van der Waals surface area (Å²) in [6.07, 6.45) is 3.67. The smallest absolute Gasteiger partial charge is 0.277 e. The summed E-state index contributed by atoms with van der Waals surface area (Å²) < 4.78 is 6.87. The molecule has 0 bridgehead atoms. The molecule has 0 saturated carbocycles. The van der Waals surface area contributed by atoms with Gasteiger partial charge in [-0.1, -0.05) is 28.4 Å². The van der Waals surface area contributed by atoms with E-state index < -0.39 is 5.91 Å². The second kappa shape index (κ2) is 13.5. The summed E-state index contributed by atoms with van der Waals surface area (Å²) in [5, 5.41) is 14.0. The van der Waals surface area contributed by atoms with Gasteiger partial charge in [-0.15, -0.1) is 5.10 Å². The van der Waals surface area contributed by atoms with E-state index in [0.29, 0.717) is 17.9 Å². The fourth-order valence-corrected chi connectivity index (χ4v) is 5.09. The van der Waals surface area contributed by atoms with Gasteiger partial charge >= 0.3 is 0 Å². The molecule has 218 valence electrons. The first kappa shape index (κ1) is 29.1. The SMILES string of the molecule is CN1CCN(c2ccc(-n3cc(C(=O)NCCCN4CCOCC4)nn3)cc2NC(=O)c2ncc(Cl)nc2Cl)CC1. The van der Waals surface area contributed by atoms with Crippen LogP contribution in [0.3, 0.4) is 0 Å². The molecule has 5 rings (SSSR count). The first-order chi connectivity index (χ1) is 19.9. The standard InChI is InChI=1S/C26H32Cl2N10O3/c1-35-7-9-37(10-8-35)21-4-3-18(15-19(21)31-26(40)23-24(28)32-22(27)16-30-23)38-17-20(33-34-38)25(39)29-5-2-6-36-11-13-41-14-12-36/h3-4,15-17H,2,5-14H2,1H3,(H,29,39)(H,31,40). The molecular formula is C26H32Cl2N10O3. The third-order valence-corrected chi connectivity index (χ3v) is 7.46. The number of benzene rings is 1. The second-order valence-electron chi connectivity index (χ2n) is 9.89. The van der Waals surface area contributed by atoms with Gasteiger partial charge in [0.15, 0.2) is 16.5 Å². The van der Waals surface area contributed by atoms with Gasteiger partial charge in [-0.3, -0.25) is 14.5 Å². The van der Waals surface area contributed by atoms with E-state index >= 15 is 0 Å². The zero-order valence-corrected chi connectivity index (χ0v) is 24.2. The molecule has 2 aliphatic heterocycles. The average Bonchev–Trinajstić information content (AvgIpc) is 3.47. The minimum atomic E-state index is -0.526. The minimum Gasteiger partial charge on any atom is -0.379 e. The normalized spacial score (nSPS) is 16.5. The van der Waals surface area contributed by atoms with E-state index in [1.807, 2.05) is 12.1 Å². The first-order valence-electron chi connectivity index (χ1n) is 13.5. The van der Waals surface area contributed by atoms with Gasteiger partial charge in [0.25, 0.3) is 11.8 Å². The molecule has 41 heavy (non-hydrogen) atoms. The predicted octanol–water partition coefficient (Wildman–Crippen LogP) is 1.82. The van der Waals surface area contributed by atoms with Crippen LogP contribution in [0.2, 0.25) is 10.3 Å². The van der Waals surface area contributed by atoms with Gasteiger partial charge < -0.3 is 25.2 Å². The molecule has 2 fully saturated rings. The molecule has 13 nitrogen and oxygen atoms in total. The Morgan fingerprint density at radius 3 is 2.59 bits per heavy atom. The maximum absolute atomic E-state index is 13.1. The van der Waals surface area contributed by atoms with Gasteiger partial charge in [-0.2, -0.15) is 0 Å². The van der Waals surface area contributed by atoms with E-state index in [2.05, 4.69) is 52.7 Å².